The number of hydrogen-bond donors (Lipinski definition) is 8. The van der Waals surface area contributed by atoms with Crippen LogP contribution in [0.15, 0.2) is 115 Å². The third kappa shape index (κ3) is 30.5. The zero-order chi connectivity index (χ0) is 101. The number of hydrogen-bond acceptors (Lipinski definition) is 33. The highest BCUT2D eigenvalue weighted by molar-refractivity contribution is 7.85. The number of imide groups is 1. The number of ether oxygens (including phenoxy) is 16. The number of aromatic nitrogens is 4. The lowest BCUT2D eigenvalue weighted by Gasteiger charge is -2.64. The summed E-state index contributed by atoms with van der Waals surface area (Å²) < 4.78 is 128. The number of carbonyl (C=O) groups is 7. The van der Waals surface area contributed by atoms with Gasteiger partial charge in [0.15, 0.2) is 16.9 Å². The molecule has 9 aliphatic rings. The molecule has 1 spiro atoms. The van der Waals surface area contributed by atoms with Crippen molar-refractivity contribution < 1.29 is 148 Å². The number of aliphatic hydroxyl groups excluding tert-OH is 3. The second-order valence-corrected chi connectivity index (χ2v) is 39.1. The van der Waals surface area contributed by atoms with E-state index in [9.17, 15) is 72.1 Å². The van der Waals surface area contributed by atoms with Crippen LogP contribution in [0.25, 0.3) is 21.3 Å². The maximum atomic E-state index is 14.5. The lowest BCUT2D eigenvalue weighted by Crippen LogP contribution is -2.61. The van der Waals surface area contributed by atoms with Crippen molar-refractivity contribution in [2.24, 2.45) is 22.7 Å². The number of carboxylic acids is 2. The van der Waals surface area contributed by atoms with Gasteiger partial charge in [0, 0.05) is 92.9 Å². The molecule has 142 heavy (non-hydrogen) atoms. The summed E-state index contributed by atoms with van der Waals surface area (Å²) in [5.74, 6) is -4.45. The third-order valence-electron chi connectivity index (χ3n) is 27.0. The number of nitrogens with zero attached hydrogens (tertiary/aromatic N) is 7. The van der Waals surface area contributed by atoms with E-state index < -0.39 is 107 Å². The predicted molar refractivity (Wildman–Crippen MR) is 516 cm³/mol. The van der Waals surface area contributed by atoms with E-state index in [4.69, 9.17) is 85.9 Å². The van der Waals surface area contributed by atoms with Crippen molar-refractivity contribution >= 4 is 84.3 Å². The summed E-state index contributed by atoms with van der Waals surface area (Å²) in [7, 11) is -3.02. The van der Waals surface area contributed by atoms with E-state index in [1.807, 2.05) is 59.0 Å². The smallest absolute Gasteiger partial charge is 0.410 e. The Bertz CT molecular complexity index is 5380. The molecule has 6 aliphatic carbocycles. The summed E-state index contributed by atoms with van der Waals surface area (Å²) in [5, 5.41) is 64.8. The molecule has 0 radical (unpaired) electrons. The molecule has 3 aliphatic heterocycles. The summed E-state index contributed by atoms with van der Waals surface area (Å²) in [6, 6.07) is 27.2. The maximum Gasteiger partial charge on any atom is 0.410 e. The van der Waals surface area contributed by atoms with Crippen LogP contribution in [-0.4, -0.2) is 343 Å². The Balaban J connectivity index is 0.554. The Kier molecular flexibility index (Phi) is 41.2. The monoisotopic (exact) mass is 2020 g/mol. The molecule has 16 rings (SSSR count). The second kappa shape index (κ2) is 53.6. The number of para-hydroxylation sites is 1. The van der Waals surface area contributed by atoms with E-state index in [0.717, 1.165) is 74.7 Å². The molecule has 3 aromatic heterocycles. The van der Waals surface area contributed by atoms with E-state index >= 15 is 0 Å². The highest BCUT2D eigenvalue weighted by atomic mass is 32.2. The van der Waals surface area contributed by atoms with Crippen molar-refractivity contribution in [3.05, 3.63) is 160 Å². The number of thiazole rings is 1. The van der Waals surface area contributed by atoms with Gasteiger partial charge < -0.3 is 116 Å². The number of carboxylic acid groups (broad SMARTS) is 2. The van der Waals surface area contributed by atoms with Gasteiger partial charge in [-0.25, -0.2) is 24.4 Å². The standard InChI is InChI=1S/C100H133N9O31S2/c1-67-60-98(66-108-69(3)77(62-102-108)75-21-22-83(104-86(75)93(117)118)107-31-25-72-11-9-12-76(78(72)63-107)91(115)105-96-103-79-13-5-6-14-82(79)141-96)61-68(2)100(67)28-26-99(65-98,27-29-100)138-34-32-106(33-57-142(122,123)124)97(121)137-64-73-18-15-70(59-81(73)139-95-89(114)87(112)88(113)90(140-95)94(119)120)10-7-8-30-101-92(116)80(109-84(110)23-24-85(109)111)58-71-16-19-74(20-17-71)136-56-55-135-54-53-134-52-51-133-50-49-132-48-47-131-46-45-130-44-43-129-42-41-128-40-39-127-38-37-126-36-35-125-4/h5-6,9,11-24,59,62,67-68,80,87-90,95,112-114H,7-8,10,25-58,60-61,63-66H2,1-4H3,(H,101,116)(H,117,118)(H,119,120)(H,103,105,115)(H,122,123,124)/t67?,68?,80?,87-,88-,89+,90-,95+,98?,99?,100?/m0/s1. The lowest BCUT2D eigenvalue weighted by molar-refractivity contribution is -0.271. The van der Waals surface area contributed by atoms with Crippen LogP contribution in [0.3, 0.4) is 0 Å². The molecule has 40 nitrogen and oxygen atoms in total. The number of aliphatic carboxylic acids is 1. The van der Waals surface area contributed by atoms with Crippen LogP contribution in [0.1, 0.15) is 126 Å². The Morgan fingerprint density at radius 1 is 0.655 bits per heavy atom. The fraction of sp³-hybridized carbons (Fsp3) is 0.580. The van der Waals surface area contributed by atoms with Gasteiger partial charge in [0.2, 0.25) is 12.2 Å². The normalized spacial score (nSPS) is 21.7. The first kappa shape index (κ1) is 109. The molecule has 7 fully saturated rings. The minimum atomic E-state index is -4.65. The van der Waals surface area contributed by atoms with E-state index in [1.165, 1.54) is 23.5 Å². The summed E-state index contributed by atoms with van der Waals surface area (Å²) in [4.78, 5) is 108. The van der Waals surface area contributed by atoms with Crippen molar-refractivity contribution in [3.63, 3.8) is 0 Å². The molecule has 1 saturated heterocycles. The number of nitrogens with one attached hydrogen (secondary N) is 2. The molecule has 42 heteroatoms. The van der Waals surface area contributed by atoms with E-state index in [1.54, 1.807) is 55.8 Å². The number of fused-ring (bicyclic) bond motifs is 2. The molecule has 3 unspecified atom stereocenters. The molecular weight excluding hydrogens is 1890 g/mol. The first-order valence-electron chi connectivity index (χ1n) is 48.4. The molecule has 776 valence electrons. The Morgan fingerprint density at radius 2 is 1.25 bits per heavy atom. The minimum absolute atomic E-state index is 0.0137. The van der Waals surface area contributed by atoms with Crippen molar-refractivity contribution in [1.82, 2.24) is 34.9 Å². The van der Waals surface area contributed by atoms with Crippen LogP contribution >= 0.6 is 11.3 Å². The Morgan fingerprint density at radius 3 is 1.85 bits per heavy atom. The highest BCUT2D eigenvalue weighted by Gasteiger charge is 2.61. The third-order valence-corrected chi connectivity index (χ3v) is 28.7. The van der Waals surface area contributed by atoms with Crippen LogP contribution in [0, 0.1) is 29.6 Å². The number of aryl methyl sites for hydroxylation is 1. The number of benzene rings is 4. The summed E-state index contributed by atoms with van der Waals surface area (Å²) >= 11 is 1.39. The molecule has 8 atom stereocenters. The number of aromatic carboxylic acids is 1. The van der Waals surface area contributed by atoms with Crippen LogP contribution in [0.5, 0.6) is 11.5 Å². The highest BCUT2D eigenvalue weighted by Crippen LogP contribution is 2.67. The van der Waals surface area contributed by atoms with Gasteiger partial charge in [-0.3, -0.25) is 38.6 Å². The van der Waals surface area contributed by atoms with Gasteiger partial charge in [0.05, 0.1) is 173 Å². The van der Waals surface area contributed by atoms with Gasteiger partial charge in [0.1, 0.15) is 54.9 Å². The van der Waals surface area contributed by atoms with Crippen molar-refractivity contribution in [2.45, 2.75) is 160 Å². The van der Waals surface area contributed by atoms with E-state index in [-0.39, 0.29) is 73.1 Å². The van der Waals surface area contributed by atoms with Crippen molar-refractivity contribution in [3.8, 4) is 22.6 Å². The Labute approximate surface area is 829 Å². The largest absolute Gasteiger partial charge is 0.491 e. The summed E-state index contributed by atoms with van der Waals surface area (Å²) in [6.45, 7) is 16.1. The van der Waals surface area contributed by atoms with Crippen LogP contribution in [-0.2, 0) is 135 Å². The fourth-order valence-electron chi connectivity index (χ4n) is 19.7. The Hall–Kier alpha value is -10.2. The minimum Gasteiger partial charge on any atom is -0.491 e. The van der Waals surface area contributed by atoms with Crippen LogP contribution in [0.4, 0.5) is 15.7 Å². The van der Waals surface area contributed by atoms with Crippen LogP contribution < -0.4 is 25.0 Å². The quantitative estimate of drug-likeness (QED) is 0.0101. The number of rotatable bonds is 62. The second-order valence-electron chi connectivity index (χ2n) is 36.5. The number of aliphatic hydroxyl groups is 3. The van der Waals surface area contributed by atoms with Gasteiger partial charge in [-0.15, -0.1) is 0 Å². The molecule has 5 amide bonds. The summed E-state index contributed by atoms with van der Waals surface area (Å²) in [6.07, 6.45) is -0.101. The number of unbranched alkanes of at least 4 members (excludes halogenated alkanes) is 1. The lowest BCUT2D eigenvalue weighted by atomic mass is 9.43. The number of anilines is 2. The van der Waals surface area contributed by atoms with E-state index in [2.05, 4.69) is 29.5 Å². The fourth-order valence-corrected chi connectivity index (χ4v) is 21.0. The average Bonchev–Trinajstić information content (AvgIpc) is 0.849. The first-order valence-corrected chi connectivity index (χ1v) is 50.9. The zero-order valence-electron chi connectivity index (χ0n) is 80.8. The predicted octanol–water partition coefficient (Wildman–Crippen LogP) is 8.11. The van der Waals surface area contributed by atoms with Gasteiger partial charge >= 0.3 is 18.0 Å². The molecule has 6 saturated carbocycles. The number of methoxy groups -OCH3 is 1. The molecule has 3 bridgehead atoms. The van der Waals surface area contributed by atoms with Gasteiger partial charge in [-0.05, 0) is 171 Å². The van der Waals surface area contributed by atoms with Gasteiger partial charge in [-0.1, -0.05) is 73.7 Å². The maximum absolute atomic E-state index is 14.5. The van der Waals surface area contributed by atoms with Crippen molar-refractivity contribution in [2.75, 3.05) is 201 Å². The first-order chi connectivity index (χ1) is 68.6. The number of amides is 5. The number of carbonyl (C=O) groups excluding carboxylic acids is 5. The van der Waals surface area contributed by atoms with Gasteiger partial charge in [-0.2, -0.15) is 13.5 Å². The van der Waals surface area contributed by atoms with E-state index in [0.29, 0.717) is 253 Å². The van der Waals surface area contributed by atoms with Gasteiger partial charge in [0.25, 0.3) is 27.8 Å². The molecule has 4 aromatic carbocycles. The molecule has 7 aromatic rings. The molecule has 8 N–H and O–H groups in total. The topological polar surface area (TPSA) is 500 Å². The molecular formula is C100H133N9O31S2. The van der Waals surface area contributed by atoms with Crippen molar-refractivity contribution in [1.29, 1.82) is 0 Å². The summed E-state index contributed by atoms with van der Waals surface area (Å²) in [5.41, 5.74) is 4.94. The zero-order valence-corrected chi connectivity index (χ0v) is 82.5. The molecule has 6 heterocycles. The number of pyridine rings is 1. The SMILES string of the molecule is COCCOCCOCCOCCOCCOCCOCCOCCOCCOCCOCCOc1ccc(CC(C(=O)NCCCCc2ccc(COC(=O)N(CCOC34CCC5(CC3)C(C)CC(Cn3ncc(-c6ccc(N7CCc8cccc(C(=O)Nc9nc%10ccccc%10s9)c8C7)nc6C(=O)O)c3C)(CC5C)C4)CCS(=O)(=O)O)c(O[C@@H]3O[C@H](C(=O)O)[C@@H](O)[C@H](O)[C@H]3O)c2)N2C(=O)C=CC2=O)cc1. The van der Waals surface area contributed by atoms with Crippen LogP contribution in [0.2, 0.25) is 0 Å². The average molecular weight is 2020 g/mol.